The second-order valence-electron chi connectivity index (χ2n) is 5.41. The minimum Gasteiger partial charge on any atom is -0.336 e. The van der Waals surface area contributed by atoms with Crippen LogP contribution >= 0.6 is 36.2 Å². The molecule has 1 atom stereocenters. The summed E-state index contributed by atoms with van der Waals surface area (Å²) in [6.07, 6.45) is 1.77. The van der Waals surface area contributed by atoms with Crippen LogP contribution in [0.4, 0.5) is 0 Å². The van der Waals surface area contributed by atoms with Crippen molar-refractivity contribution in [2.45, 2.75) is 39.7 Å². The van der Waals surface area contributed by atoms with Gasteiger partial charge in [0, 0.05) is 19.1 Å². The highest BCUT2D eigenvalue weighted by Gasteiger charge is 2.28. The Morgan fingerprint density at radius 1 is 1.50 bits per heavy atom. The first-order valence-electron chi connectivity index (χ1n) is 6.48. The molecule has 1 aromatic rings. The fourth-order valence-electron chi connectivity index (χ4n) is 2.28. The van der Waals surface area contributed by atoms with E-state index in [2.05, 4.69) is 18.8 Å². The third-order valence-electron chi connectivity index (χ3n) is 3.11. The first-order valence-corrected chi connectivity index (χ1v) is 7.30. The van der Waals surface area contributed by atoms with E-state index in [1.165, 1.54) is 11.3 Å². The first-order chi connectivity index (χ1) is 8.47. The number of aromatic nitrogens is 1. The lowest BCUT2D eigenvalue weighted by Crippen LogP contribution is -2.32. The van der Waals surface area contributed by atoms with Gasteiger partial charge in [0.25, 0.3) is 5.91 Å². The Bertz CT molecular complexity index is 451. The fraction of sp³-hybridized carbons (Fsp3) is 0.692. The third-order valence-corrected chi connectivity index (χ3v) is 4.11. The van der Waals surface area contributed by atoms with Crippen molar-refractivity contribution < 1.29 is 4.79 Å². The van der Waals surface area contributed by atoms with E-state index in [9.17, 15) is 4.79 Å². The molecule has 2 rings (SSSR count). The number of likely N-dealkylation sites (tertiary alicyclic amines) is 1. The topological polar surface area (TPSA) is 59.2 Å². The summed E-state index contributed by atoms with van der Waals surface area (Å²) < 4.78 is 0. The van der Waals surface area contributed by atoms with Crippen LogP contribution in [-0.4, -0.2) is 34.9 Å². The number of hydrogen-bond donors (Lipinski definition) is 1. The molecule has 7 heteroatoms. The number of thiazole rings is 1. The largest absolute Gasteiger partial charge is 0.336 e. The van der Waals surface area contributed by atoms with Crippen molar-refractivity contribution in [3.05, 3.63) is 15.6 Å². The van der Waals surface area contributed by atoms with Crippen molar-refractivity contribution in [1.82, 2.24) is 9.88 Å². The Labute approximate surface area is 137 Å². The molecular formula is C13H23Cl2N3OS. The molecular weight excluding hydrogens is 317 g/mol. The molecule has 1 aliphatic heterocycles. The Balaban J connectivity index is 0.00000180. The Kier molecular flexibility index (Phi) is 8.03. The van der Waals surface area contributed by atoms with E-state index in [1.807, 2.05) is 11.8 Å². The molecule has 1 amide bonds. The predicted molar refractivity (Wildman–Crippen MR) is 88.4 cm³/mol. The summed E-state index contributed by atoms with van der Waals surface area (Å²) in [5, 5.41) is 0.970. The summed E-state index contributed by atoms with van der Waals surface area (Å²) in [6, 6.07) is 0.136. The SMILES string of the molecule is Cc1nc(CC(C)C)c(C(=O)N2CCC(N)C2)s1.Cl.Cl. The number of rotatable bonds is 3. The lowest BCUT2D eigenvalue weighted by atomic mass is 10.1. The van der Waals surface area contributed by atoms with Crippen molar-refractivity contribution in [1.29, 1.82) is 0 Å². The molecule has 0 bridgehead atoms. The summed E-state index contributed by atoms with van der Waals surface area (Å²) in [4.78, 5) is 19.6. The van der Waals surface area contributed by atoms with Crippen LogP contribution in [0.25, 0.3) is 0 Å². The maximum absolute atomic E-state index is 12.4. The molecule has 20 heavy (non-hydrogen) atoms. The number of amides is 1. The highest BCUT2D eigenvalue weighted by Crippen LogP contribution is 2.24. The maximum Gasteiger partial charge on any atom is 0.265 e. The van der Waals surface area contributed by atoms with E-state index in [0.717, 1.165) is 35.0 Å². The van der Waals surface area contributed by atoms with E-state index in [4.69, 9.17) is 5.73 Å². The molecule has 1 saturated heterocycles. The van der Waals surface area contributed by atoms with Crippen molar-refractivity contribution in [3.8, 4) is 0 Å². The molecule has 0 aliphatic carbocycles. The molecule has 1 aromatic heterocycles. The van der Waals surface area contributed by atoms with Crippen LogP contribution in [-0.2, 0) is 6.42 Å². The molecule has 4 nitrogen and oxygen atoms in total. The Morgan fingerprint density at radius 2 is 2.15 bits per heavy atom. The van der Waals surface area contributed by atoms with E-state index < -0.39 is 0 Å². The van der Waals surface area contributed by atoms with Gasteiger partial charge in [0.15, 0.2) is 0 Å². The minimum absolute atomic E-state index is 0. The van der Waals surface area contributed by atoms with Crippen molar-refractivity contribution >= 4 is 42.1 Å². The van der Waals surface area contributed by atoms with Crippen LogP contribution in [0.15, 0.2) is 0 Å². The van der Waals surface area contributed by atoms with Gasteiger partial charge in [-0.05, 0) is 25.7 Å². The second-order valence-corrected chi connectivity index (χ2v) is 6.61. The molecule has 0 radical (unpaired) electrons. The maximum atomic E-state index is 12.4. The van der Waals surface area contributed by atoms with Gasteiger partial charge in [0.2, 0.25) is 0 Å². The summed E-state index contributed by atoms with van der Waals surface area (Å²) in [6.45, 7) is 7.71. The van der Waals surface area contributed by atoms with Crippen LogP contribution in [0.2, 0.25) is 0 Å². The third kappa shape index (κ3) is 4.58. The number of aryl methyl sites for hydroxylation is 1. The van der Waals surface area contributed by atoms with Crippen molar-refractivity contribution in [2.24, 2.45) is 11.7 Å². The van der Waals surface area contributed by atoms with Gasteiger partial charge in [-0.2, -0.15) is 0 Å². The van der Waals surface area contributed by atoms with Gasteiger partial charge in [-0.3, -0.25) is 4.79 Å². The van der Waals surface area contributed by atoms with E-state index in [0.29, 0.717) is 12.5 Å². The zero-order valence-electron chi connectivity index (χ0n) is 12.1. The summed E-state index contributed by atoms with van der Waals surface area (Å²) in [5.41, 5.74) is 6.82. The molecule has 1 fully saturated rings. The summed E-state index contributed by atoms with van der Waals surface area (Å²) >= 11 is 1.51. The molecule has 116 valence electrons. The number of halogens is 2. The summed E-state index contributed by atoms with van der Waals surface area (Å²) in [7, 11) is 0. The molecule has 1 unspecified atom stereocenters. The molecule has 0 spiro atoms. The highest BCUT2D eigenvalue weighted by atomic mass is 35.5. The molecule has 2 N–H and O–H groups in total. The lowest BCUT2D eigenvalue weighted by molar-refractivity contribution is 0.0794. The van der Waals surface area contributed by atoms with E-state index in [1.54, 1.807) is 0 Å². The average molecular weight is 340 g/mol. The van der Waals surface area contributed by atoms with Gasteiger partial charge in [0.1, 0.15) is 4.88 Å². The highest BCUT2D eigenvalue weighted by molar-refractivity contribution is 7.13. The number of nitrogens with zero attached hydrogens (tertiary/aromatic N) is 2. The quantitative estimate of drug-likeness (QED) is 0.920. The van der Waals surface area contributed by atoms with Crippen molar-refractivity contribution in [3.63, 3.8) is 0 Å². The van der Waals surface area contributed by atoms with Crippen LogP contribution < -0.4 is 5.73 Å². The smallest absolute Gasteiger partial charge is 0.265 e. The monoisotopic (exact) mass is 339 g/mol. The Hall–Kier alpha value is -0.360. The van der Waals surface area contributed by atoms with Gasteiger partial charge in [0.05, 0.1) is 10.7 Å². The van der Waals surface area contributed by atoms with E-state index in [-0.39, 0.29) is 36.8 Å². The zero-order valence-corrected chi connectivity index (χ0v) is 14.5. The molecule has 2 heterocycles. The van der Waals surface area contributed by atoms with Gasteiger partial charge in [-0.15, -0.1) is 36.2 Å². The van der Waals surface area contributed by atoms with Crippen LogP contribution in [0.3, 0.4) is 0 Å². The molecule has 0 aromatic carbocycles. The average Bonchev–Trinajstić information content (AvgIpc) is 2.83. The first kappa shape index (κ1) is 19.6. The zero-order chi connectivity index (χ0) is 13.3. The molecule has 1 aliphatic rings. The fourth-order valence-corrected chi connectivity index (χ4v) is 3.19. The van der Waals surface area contributed by atoms with Gasteiger partial charge < -0.3 is 10.6 Å². The Morgan fingerprint density at radius 3 is 2.65 bits per heavy atom. The van der Waals surface area contributed by atoms with Crippen molar-refractivity contribution in [2.75, 3.05) is 13.1 Å². The standard InChI is InChI=1S/C13H21N3OS.2ClH/c1-8(2)6-11-12(18-9(3)15-11)13(17)16-5-4-10(14)7-16;;/h8,10H,4-7,14H2,1-3H3;2*1H. The van der Waals surface area contributed by atoms with Gasteiger partial charge in [-0.1, -0.05) is 13.8 Å². The lowest BCUT2D eigenvalue weighted by Gasteiger charge is -2.15. The number of nitrogens with two attached hydrogens (primary N) is 1. The minimum atomic E-state index is 0. The van der Waals surface area contributed by atoms with Crippen LogP contribution in [0.1, 0.15) is 40.6 Å². The number of hydrogen-bond acceptors (Lipinski definition) is 4. The predicted octanol–water partition coefficient (Wildman–Crippen LogP) is 2.67. The number of carbonyl (C=O) groups excluding carboxylic acids is 1. The normalized spacial score (nSPS) is 17.9. The van der Waals surface area contributed by atoms with Gasteiger partial charge >= 0.3 is 0 Å². The van der Waals surface area contributed by atoms with Crippen LogP contribution in [0.5, 0.6) is 0 Å². The van der Waals surface area contributed by atoms with E-state index >= 15 is 0 Å². The second kappa shape index (κ2) is 8.17. The summed E-state index contributed by atoms with van der Waals surface area (Å²) in [5.74, 6) is 0.628. The van der Waals surface area contributed by atoms with Gasteiger partial charge in [-0.25, -0.2) is 4.98 Å². The van der Waals surface area contributed by atoms with Crippen LogP contribution in [0, 0.1) is 12.8 Å². The molecule has 0 saturated carbocycles. The number of carbonyl (C=O) groups is 1.